The number of piperidine rings is 1. The lowest BCUT2D eigenvalue weighted by Gasteiger charge is -2.34. The van der Waals surface area contributed by atoms with E-state index in [0.29, 0.717) is 11.8 Å². The van der Waals surface area contributed by atoms with Gasteiger partial charge in [0, 0.05) is 18.9 Å². The smallest absolute Gasteiger partial charge is 0.229 e. The number of likely N-dealkylation sites (tertiary alicyclic amines) is 1. The van der Waals surface area contributed by atoms with Crippen LogP contribution in [0.4, 0.5) is 0 Å². The summed E-state index contributed by atoms with van der Waals surface area (Å²) < 4.78 is 16.6. The van der Waals surface area contributed by atoms with Crippen molar-refractivity contribution in [2.24, 2.45) is 5.92 Å². The average molecular weight is 307 g/mol. The second kappa shape index (κ2) is 6.64. The van der Waals surface area contributed by atoms with Crippen LogP contribution in [-0.4, -0.2) is 60.6 Å². The summed E-state index contributed by atoms with van der Waals surface area (Å²) in [5.41, 5.74) is 0. The Morgan fingerprint density at radius 3 is 2.68 bits per heavy atom. The third kappa shape index (κ3) is 3.67. The molecule has 3 aliphatic rings. The van der Waals surface area contributed by atoms with Gasteiger partial charge in [-0.15, -0.1) is 0 Å². The average Bonchev–Trinajstić information content (AvgIpc) is 3.30. The van der Waals surface area contributed by atoms with E-state index in [1.165, 1.54) is 25.7 Å². The van der Waals surface area contributed by atoms with Gasteiger partial charge in [-0.1, -0.05) is 5.16 Å². The van der Waals surface area contributed by atoms with Crippen molar-refractivity contribution < 1.29 is 14.0 Å². The van der Waals surface area contributed by atoms with E-state index in [0.717, 1.165) is 57.6 Å². The molecule has 1 saturated carbocycles. The molecule has 3 heterocycles. The number of nitrogens with zero attached hydrogens (tertiary/aromatic N) is 3. The quantitative estimate of drug-likeness (QED) is 0.824. The van der Waals surface area contributed by atoms with Gasteiger partial charge in [-0.2, -0.15) is 4.98 Å². The Bertz CT molecular complexity index is 475. The molecular weight excluding hydrogens is 282 g/mol. The molecule has 0 N–H and O–H groups in total. The molecule has 0 amide bonds. The van der Waals surface area contributed by atoms with Crippen molar-refractivity contribution in [3.8, 4) is 0 Å². The van der Waals surface area contributed by atoms with Gasteiger partial charge in [0.15, 0.2) is 5.82 Å². The highest BCUT2D eigenvalue weighted by Crippen LogP contribution is 2.39. The lowest BCUT2D eigenvalue weighted by atomic mass is 9.93. The summed E-state index contributed by atoms with van der Waals surface area (Å²) in [5, 5.41) is 4.15. The highest BCUT2D eigenvalue weighted by Gasteiger charge is 2.30. The topological polar surface area (TPSA) is 60.6 Å². The molecular formula is C16H25N3O3. The Balaban J connectivity index is 1.21. The molecule has 0 radical (unpaired) electrons. The molecule has 2 saturated heterocycles. The maximum Gasteiger partial charge on any atom is 0.229 e. The molecule has 0 aromatic carbocycles. The Kier molecular flexibility index (Phi) is 4.41. The molecule has 1 aromatic heterocycles. The highest BCUT2D eigenvalue weighted by atomic mass is 16.6. The van der Waals surface area contributed by atoms with Crippen LogP contribution in [0.15, 0.2) is 4.52 Å². The van der Waals surface area contributed by atoms with E-state index >= 15 is 0 Å². The zero-order valence-corrected chi connectivity index (χ0v) is 13.1. The van der Waals surface area contributed by atoms with Gasteiger partial charge in [0.2, 0.25) is 5.89 Å². The van der Waals surface area contributed by atoms with Gasteiger partial charge < -0.3 is 18.9 Å². The first-order chi connectivity index (χ1) is 10.9. The predicted molar refractivity (Wildman–Crippen MR) is 79.7 cm³/mol. The summed E-state index contributed by atoms with van der Waals surface area (Å²) in [6.07, 6.45) is 6.07. The molecule has 0 spiro atoms. The minimum absolute atomic E-state index is 0.253. The lowest BCUT2D eigenvalue weighted by Crippen LogP contribution is -2.43. The fraction of sp³-hybridized carbons (Fsp3) is 0.875. The van der Waals surface area contributed by atoms with Gasteiger partial charge in [-0.05, 0) is 44.7 Å². The third-order valence-electron chi connectivity index (χ3n) is 4.94. The highest BCUT2D eigenvalue weighted by molar-refractivity contribution is 5.02. The monoisotopic (exact) mass is 307 g/mol. The molecule has 0 unspecified atom stereocenters. The second-order valence-electron chi connectivity index (χ2n) is 6.84. The van der Waals surface area contributed by atoms with Gasteiger partial charge in [0.25, 0.3) is 0 Å². The van der Waals surface area contributed by atoms with Crippen molar-refractivity contribution in [1.29, 1.82) is 0 Å². The van der Waals surface area contributed by atoms with Crippen LogP contribution in [0.5, 0.6) is 0 Å². The van der Waals surface area contributed by atoms with E-state index in [1.54, 1.807) is 0 Å². The van der Waals surface area contributed by atoms with Crippen LogP contribution in [0.25, 0.3) is 0 Å². The van der Waals surface area contributed by atoms with E-state index in [-0.39, 0.29) is 6.10 Å². The lowest BCUT2D eigenvalue weighted by molar-refractivity contribution is -0.0993. The first-order valence-corrected chi connectivity index (χ1v) is 8.61. The number of rotatable bonds is 5. The van der Waals surface area contributed by atoms with Crippen LogP contribution >= 0.6 is 0 Å². The van der Waals surface area contributed by atoms with Crippen molar-refractivity contribution >= 4 is 0 Å². The van der Waals surface area contributed by atoms with Crippen LogP contribution in [-0.2, 0) is 15.9 Å². The molecule has 122 valence electrons. The number of hydrogen-bond acceptors (Lipinski definition) is 6. The minimum atomic E-state index is 0.253. The molecule has 1 aromatic rings. The van der Waals surface area contributed by atoms with Crippen molar-refractivity contribution in [2.75, 3.05) is 39.5 Å². The molecule has 3 fully saturated rings. The molecule has 6 nitrogen and oxygen atoms in total. The largest absolute Gasteiger partial charge is 0.376 e. The van der Waals surface area contributed by atoms with Gasteiger partial charge in [0.1, 0.15) is 0 Å². The molecule has 1 aliphatic carbocycles. The van der Waals surface area contributed by atoms with Crippen LogP contribution in [0.2, 0.25) is 0 Å². The first kappa shape index (κ1) is 14.6. The van der Waals surface area contributed by atoms with Crippen molar-refractivity contribution in [3.05, 3.63) is 11.7 Å². The summed E-state index contributed by atoms with van der Waals surface area (Å²) in [6.45, 7) is 5.50. The van der Waals surface area contributed by atoms with Gasteiger partial charge in [0.05, 0.1) is 25.9 Å². The van der Waals surface area contributed by atoms with E-state index in [2.05, 4.69) is 15.0 Å². The zero-order chi connectivity index (χ0) is 14.8. The second-order valence-corrected chi connectivity index (χ2v) is 6.84. The summed E-state index contributed by atoms with van der Waals surface area (Å²) in [7, 11) is 0. The van der Waals surface area contributed by atoms with E-state index in [9.17, 15) is 0 Å². The molecule has 22 heavy (non-hydrogen) atoms. The van der Waals surface area contributed by atoms with Crippen molar-refractivity contribution in [1.82, 2.24) is 15.0 Å². The maximum atomic E-state index is 5.74. The van der Waals surface area contributed by atoms with Crippen LogP contribution in [0, 0.1) is 5.92 Å². The zero-order valence-electron chi connectivity index (χ0n) is 13.1. The van der Waals surface area contributed by atoms with Crippen LogP contribution in [0.3, 0.4) is 0 Å². The van der Waals surface area contributed by atoms with E-state index in [1.807, 2.05) is 0 Å². The van der Waals surface area contributed by atoms with Crippen molar-refractivity contribution in [2.45, 2.75) is 44.1 Å². The molecule has 2 aliphatic heterocycles. The SMILES string of the molecule is C1CO[C@H](CN2CCC(Cc3noc(C4CC4)n3)CC2)CO1. The van der Waals surface area contributed by atoms with Crippen molar-refractivity contribution in [3.63, 3.8) is 0 Å². The van der Waals surface area contributed by atoms with Gasteiger partial charge in [-0.3, -0.25) is 0 Å². The Morgan fingerprint density at radius 1 is 1.09 bits per heavy atom. The number of ether oxygens (including phenoxy) is 2. The van der Waals surface area contributed by atoms with E-state index < -0.39 is 0 Å². The minimum Gasteiger partial charge on any atom is -0.376 e. The Hall–Kier alpha value is -0.980. The van der Waals surface area contributed by atoms with Crippen LogP contribution in [0.1, 0.15) is 43.3 Å². The van der Waals surface area contributed by atoms with Crippen LogP contribution < -0.4 is 0 Å². The summed E-state index contributed by atoms with van der Waals surface area (Å²) >= 11 is 0. The van der Waals surface area contributed by atoms with Gasteiger partial charge in [-0.25, -0.2) is 0 Å². The normalized spacial score (nSPS) is 28.1. The summed E-state index contributed by atoms with van der Waals surface area (Å²) in [4.78, 5) is 7.05. The third-order valence-corrected chi connectivity index (χ3v) is 4.94. The Labute approximate surface area is 131 Å². The standard InChI is InChI=1S/C16H25N3O3/c1-2-13(1)16-17-15(18-22-16)9-12-3-5-19(6-4-12)10-14-11-20-7-8-21-14/h12-14H,1-11H2/t14-/m1/s1. The fourth-order valence-electron chi connectivity index (χ4n) is 3.41. The summed E-state index contributed by atoms with van der Waals surface area (Å²) in [6, 6.07) is 0. The Morgan fingerprint density at radius 2 is 1.95 bits per heavy atom. The summed E-state index contributed by atoms with van der Waals surface area (Å²) in [5.74, 6) is 3.01. The molecule has 0 bridgehead atoms. The molecule has 4 rings (SSSR count). The fourth-order valence-corrected chi connectivity index (χ4v) is 3.41. The predicted octanol–water partition coefficient (Wildman–Crippen LogP) is 1.62. The first-order valence-electron chi connectivity index (χ1n) is 8.61. The van der Waals surface area contributed by atoms with Gasteiger partial charge >= 0.3 is 0 Å². The molecule has 6 heteroatoms. The maximum absolute atomic E-state index is 5.74. The molecule has 1 atom stereocenters. The number of hydrogen-bond donors (Lipinski definition) is 0. The number of aromatic nitrogens is 2. The van der Waals surface area contributed by atoms with E-state index in [4.69, 9.17) is 14.0 Å².